The van der Waals surface area contributed by atoms with Crippen molar-refractivity contribution in [3.63, 3.8) is 0 Å². The van der Waals surface area contributed by atoms with Crippen LogP contribution in [-0.4, -0.2) is 48.6 Å². The maximum absolute atomic E-state index is 12.0. The molecule has 1 amide bonds. The van der Waals surface area contributed by atoms with Crippen molar-refractivity contribution >= 4 is 5.91 Å². The topological polar surface area (TPSA) is 44.4 Å². The highest BCUT2D eigenvalue weighted by Gasteiger charge is 2.35. The van der Waals surface area contributed by atoms with E-state index in [1.54, 1.807) is 0 Å². The summed E-state index contributed by atoms with van der Waals surface area (Å²) in [6.07, 6.45) is 4.73. The van der Waals surface area contributed by atoms with Gasteiger partial charge in [0.15, 0.2) is 0 Å². The van der Waals surface area contributed by atoms with Crippen molar-refractivity contribution in [3.05, 3.63) is 0 Å². The Morgan fingerprint density at radius 3 is 2.82 bits per heavy atom. The van der Waals surface area contributed by atoms with E-state index in [2.05, 4.69) is 22.5 Å². The van der Waals surface area contributed by atoms with Gasteiger partial charge in [0, 0.05) is 19.1 Å². The summed E-state index contributed by atoms with van der Waals surface area (Å²) in [6, 6.07) is 0.789. The fraction of sp³-hybridized carbons (Fsp3) is 0.923. The predicted octanol–water partition coefficient (Wildman–Crippen LogP) is 0.729. The molecular weight excluding hydrogens is 214 g/mol. The molecule has 2 fully saturated rings. The Labute approximate surface area is 104 Å². The number of hydrogen-bond donors (Lipinski definition) is 2. The van der Waals surface area contributed by atoms with Crippen LogP contribution in [0.15, 0.2) is 0 Å². The highest BCUT2D eigenvalue weighted by molar-refractivity contribution is 5.86. The summed E-state index contributed by atoms with van der Waals surface area (Å²) in [5, 5.41) is 6.36. The van der Waals surface area contributed by atoms with Gasteiger partial charge < -0.3 is 10.6 Å². The number of likely N-dealkylation sites (N-methyl/N-ethyl adjacent to an activating group) is 1. The average Bonchev–Trinajstić information content (AvgIpc) is 3.06. The molecular formula is C13H25N3O. The number of rotatable bonds is 6. The molecule has 1 aliphatic heterocycles. The normalized spacial score (nSPS) is 28.6. The first kappa shape index (κ1) is 12.8. The van der Waals surface area contributed by atoms with Crippen molar-refractivity contribution in [3.8, 4) is 0 Å². The lowest BCUT2D eigenvalue weighted by Gasteiger charge is -2.25. The van der Waals surface area contributed by atoms with Gasteiger partial charge in [0.25, 0.3) is 0 Å². The Bertz CT molecular complexity index is 270. The molecule has 4 nitrogen and oxygen atoms in total. The van der Waals surface area contributed by atoms with Crippen molar-refractivity contribution in [1.29, 1.82) is 0 Å². The molecule has 17 heavy (non-hydrogen) atoms. The molecule has 0 aromatic carbocycles. The second kappa shape index (κ2) is 5.36. The molecule has 2 rings (SSSR count). The zero-order valence-electron chi connectivity index (χ0n) is 11.1. The van der Waals surface area contributed by atoms with Gasteiger partial charge in [0.1, 0.15) is 0 Å². The zero-order chi connectivity index (χ0) is 12.3. The average molecular weight is 239 g/mol. The highest BCUT2D eigenvalue weighted by atomic mass is 16.2. The SMILES string of the molecule is CCN(CCNC(=O)C1(C)CCCN1)C1CC1. The summed E-state index contributed by atoms with van der Waals surface area (Å²) in [4.78, 5) is 14.5. The molecule has 98 valence electrons. The van der Waals surface area contributed by atoms with Gasteiger partial charge in [-0.3, -0.25) is 9.69 Å². The van der Waals surface area contributed by atoms with E-state index in [0.717, 1.165) is 45.1 Å². The van der Waals surface area contributed by atoms with Crippen LogP contribution in [0, 0.1) is 0 Å². The lowest BCUT2D eigenvalue weighted by Crippen LogP contribution is -2.52. The Balaban J connectivity index is 1.68. The first-order chi connectivity index (χ1) is 8.15. The van der Waals surface area contributed by atoms with Crippen LogP contribution in [0.4, 0.5) is 0 Å². The monoisotopic (exact) mass is 239 g/mol. The van der Waals surface area contributed by atoms with Crippen molar-refractivity contribution in [1.82, 2.24) is 15.5 Å². The Hall–Kier alpha value is -0.610. The van der Waals surface area contributed by atoms with Crippen LogP contribution in [0.25, 0.3) is 0 Å². The molecule has 1 unspecified atom stereocenters. The maximum Gasteiger partial charge on any atom is 0.240 e. The fourth-order valence-electron chi connectivity index (χ4n) is 2.64. The number of nitrogens with zero attached hydrogens (tertiary/aromatic N) is 1. The summed E-state index contributed by atoms with van der Waals surface area (Å²) in [7, 11) is 0. The Morgan fingerprint density at radius 1 is 1.53 bits per heavy atom. The van der Waals surface area contributed by atoms with E-state index in [1.165, 1.54) is 12.8 Å². The Kier molecular flexibility index (Phi) is 4.05. The van der Waals surface area contributed by atoms with Gasteiger partial charge in [0.2, 0.25) is 5.91 Å². The van der Waals surface area contributed by atoms with Crippen LogP contribution in [0.1, 0.15) is 39.5 Å². The molecule has 0 aromatic heterocycles. The van der Waals surface area contributed by atoms with E-state index < -0.39 is 0 Å². The van der Waals surface area contributed by atoms with Crippen LogP contribution < -0.4 is 10.6 Å². The smallest absolute Gasteiger partial charge is 0.240 e. The third-order valence-corrected chi connectivity index (χ3v) is 4.02. The van der Waals surface area contributed by atoms with Gasteiger partial charge in [-0.05, 0) is 45.7 Å². The predicted molar refractivity (Wildman–Crippen MR) is 68.9 cm³/mol. The van der Waals surface area contributed by atoms with Crippen LogP contribution >= 0.6 is 0 Å². The second-order valence-electron chi connectivity index (χ2n) is 5.48. The largest absolute Gasteiger partial charge is 0.353 e. The molecule has 0 radical (unpaired) electrons. The van der Waals surface area contributed by atoms with Gasteiger partial charge in [-0.1, -0.05) is 6.92 Å². The number of nitrogens with one attached hydrogen (secondary N) is 2. The van der Waals surface area contributed by atoms with Gasteiger partial charge in [-0.15, -0.1) is 0 Å². The molecule has 1 saturated heterocycles. The van der Waals surface area contributed by atoms with E-state index in [1.807, 2.05) is 6.92 Å². The fourth-order valence-corrected chi connectivity index (χ4v) is 2.64. The summed E-state index contributed by atoms with van der Waals surface area (Å²) >= 11 is 0. The van der Waals surface area contributed by atoms with Gasteiger partial charge in [-0.2, -0.15) is 0 Å². The quantitative estimate of drug-likeness (QED) is 0.718. The lowest BCUT2D eigenvalue weighted by atomic mass is 9.99. The van der Waals surface area contributed by atoms with Crippen LogP contribution in [0.3, 0.4) is 0 Å². The van der Waals surface area contributed by atoms with E-state index in [0.29, 0.717) is 0 Å². The standard InChI is InChI=1S/C13H25N3O/c1-3-16(11-5-6-11)10-9-14-12(17)13(2)7-4-8-15-13/h11,15H,3-10H2,1-2H3,(H,14,17). The minimum atomic E-state index is -0.323. The molecule has 2 N–H and O–H groups in total. The van der Waals surface area contributed by atoms with Crippen molar-refractivity contribution in [2.75, 3.05) is 26.2 Å². The highest BCUT2D eigenvalue weighted by Crippen LogP contribution is 2.25. The second-order valence-corrected chi connectivity index (χ2v) is 5.48. The van der Waals surface area contributed by atoms with E-state index >= 15 is 0 Å². The first-order valence-electron chi connectivity index (χ1n) is 6.93. The molecule has 2 aliphatic rings. The maximum atomic E-state index is 12.0. The molecule has 1 aliphatic carbocycles. The first-order valence-corrected chi connectivity index (χ1v) is 6.93. The van der Waals surface area contributed by atoms with Crippen LogP contribution in [0.2, 0.25) is 0 Å². The Morgan fingerprint density at radius 2 is 2.29 bits per heavy atom. The summed E-state index contributed by atoms with van der Waals surface area (Å²) in [5.41, 5.74) is -0.323. The summed E-state index contributed by atoms with van der Waals surface area (Å²) in [6.45, 7) is 8.03. The van der Waals surface area contributed by atoms with Crippen molar-refractivity contribution in [2.45, 2.75) is 51.1 Å². The van der Waals surface area contributed by atoms with Crippen molar-refractivity contribution < 1.29 is 4.79 Å². The van der Waals surface area contributed by atoms with Gasteiger partial charge >= 0.3 is 0 Å². The molecule has 0 aromatic rings. The molecule has 0 spiro atoms. The zero-order valence-corrected chi connectivity index (χ0v) is 11.1. The van der Waals surface area contributed by atoms with Crippen LogP contribution in [0.5, 0.6) is 0 Å². The molecule has 4 heteroatoms. The summed E-state index contributed by atoms with van der Waals surface area (Å²) < 4.78 is 0. The van der Waals surface area contributed by atoms with E-state index in [9.17, 15) is 4.79 Å². The number of hydrogen-bond acceptors (Lipinski definition) is 3. The molecule has 1 saturated carbocycles. The van der Waals surface area contributed by atoms with Gasteiger partial charge in [-0.25, -0.2) is 0 Å². The number of carbonyl (C=O) groups is 1. The minimum Gasteiger partial charge on any atom is -0.353 e. The summed E-state index contributed by atoms with van der Waals surface area (Å²) in [5.74, 6) is 0.168. The molecule has 1 heterocycles. The van der Waals surface area contributed by atoms with Crippen LogP contribution in [-0.2, 0) is 4.79 Å². The van der Waals surface area contributed by atoms with Gasteiger partial charge in [0.05, 0.1) is 5.54 Å². The lowest BCUT2D eigenvalue weighted by molar-refractivity contribution is -0.126. The molecule has 1 atom stereocenters. The van der Waals surface area contributed by atoms with E-state index in [-0.39, 0.29) is 11.4 Å². The number of carbonyl (C=O) groups excluding carboxylic acids is 1. The van der Waals surface area contributed by atoms with E-state index in [4.69, 9.17) is 0 Å². The van der Waals surface area contributed by atoms with Crippen molar-refractivity contribution in [2.24, 2.45) is 0 Å². The minimum absolute atomic E-state index is 0.168. The number of amides is 1. The third-order valence-electron chi connectivity index (χ3n) is 4.02. The molecule has 0 bridgehead atoms. The third kappa shape index (κ3) is 3.19.